The molecular weight excluding hydrogens is 500 g/mol. The van der Waals surface area contributed by atoms with E-state index in [1.807, 2.05) is 0 Å². The summed E-state index contributed by atoms with van der Waals surface area (Å²) in [5.41, 5.74) is 0.624. The normalized spacial score (nSPS) is 12.0. The van der Waals surface area contributed by atoms with Crippen molar-refractivity contribution in [1.29, 1.82) is 0 Å². The zero-order valence-corrected chi connectivity index (χ0v) is 13.4. The summed E-state index contributed by atoms with van der Waals surface area (Å²) in [5.74, 6) is -1.31. The van der Waals surface area contributed by atoms with Gasteiger partial charge in [0.1, 0.15) is 22.7 Å². The first-order chi connectivity index (χ1) is 9.61. The van der Waals surface area contributed by atoms with Crippen molar-refractivity contribution in [1.82, 2.24) is 20.6 Å². The number of rotatable bonds is 0. The molecule has 0 bridgehead atoms. The maximum Gasteiger partial charge on any atom is 0.152 e. The van der Waals surface area contributed by atoms with Crippen LogP contribution in [0.3, 0.4) is 0 Å². The minimum Gasteiger partial charge on any atom is -0.243 e. The van der Waals surface area contributed by atoms with Crippen LogP contribution < -0.4 is 0 Å². The van der Waals surface area contributed by atoms with Gasteiger partial charge in [-0.3, -0.25) is 0 Å². The Morgan fingerprint density at radius 2 is 1.00 bits per heavy atom. The molecule has 4 rings (SSSR count). The Morgan fingerprint density at radius 1 is 0.650 bits per heavy atom. The number of nitrogens with zero attached hydrogens (tertiary/aromatic N) is 4. The van der Waals surface area contributed by atoms with E-state index in [4.69, 9.17) is 0 Å². The number of hydrogen-bond acceptors (Lipinski definition) is 6. The van der Waals surface area contributed by atoms with Crippen molar-refractivity contribution in [3.05, 3.63) is 18.8 Å². The summed E-state index contributed by atoms with van der Waals surface area (Å²) >= 11 is 3.52. The SMILES string of the molecule is Fc1c(I)c2nonc2c2c(F)c(I)c3nonc3c12. The van der Waals surface area contributed by atoms with E-state index < -0.39 is 11.6 Å². The van der Waals surface area contributed by atoms with Gasteiger partial charge in [-0.05, 0) is 65.8 Å². The van der Waals surface area contributed by atoms with Gasteiger partial charge in [0.2, 0.25) is 0 Å². The Kier molecular flexibility index (Phi) is 2.61. The fraction of sp³-hybridized carbons (Fsp3) is 0. The van der Waals surface area contributed by atoms with Crippen molar-refractivity contribution in [2.45, 2.75) is 0 Å². The molecule has 0 aliphatic heterocycles. The van der Waals surface area contributed by atoms with Crippen molar-refractivity contribution in [3.63, 3.8) is 0 Å². The van der Waals surface area contributed by atoms with Gasteiger partial charge in [-0.2, -0.15) is 0 Å². The van der Waals surface area contributed by atoms with Crippen LogP contribution in [0.5, 0.6) is 0 Å². The fourth-order valence-electron chi connectivity index (χ4n) is 2.08. The molecule has 20 heavy (non-hydrogen) atoms. The molecule has 2 heterocycles. The number of benzene rings is 2. The molecule has 4 aromatic rings. The van der Waals surface area contributed by atoms with E-state index in [0.717, 1.165) is 0 Å². The Hall–Kier alpha value is -1.18. The lowest BCUT2D eigenvalue weighted by Crippen LogP contribution is -1.96. The average molecular weight is 500 g/mol. The van der Waals surface area contributed by atoms with Crippen LogP contribution in [0, 0.1) is 18.8 Å². The Labute approximate surface area is 135 Å². The first-order valence-electron chi connectivity index (χ1n) is 5.13. The molecule has 2 aromatic heterocycles. The zero-order chi connectivity index (χ0) is 14.0. The second-order valence-corrected chi connectivity index (χ2v) is 6.09. The summed E-state index contributed by atoms with van der Waals surface area (Å²) in [6.45, 7) is 0. The topological polar surface area (TPSA) is 77.8 Å². The van der Waals surface area contributed by atoms with Crippen LogP contribution in [0.1, 0.15) is 0 Å². The van der Waals surface area contributed by atoms with Crippen molar-refractivity contribution >= 4 is 78.0 Å². The van der Waals surface area contributed by atoms with E-state index >= 15 is 0 Å². The third-order valence-electron chi connectivity index (χ3n) is 2.94. The molecule has 100 valence electrons. The number of halogens is 4. The summed E-state index contributed by atoms with van der Waals surface area (Å²) in [7, 11) is 0. The molecule has 0 spiro atoms. The maximum absolute atomic E-state index is 14.5. The Bertz CT molecular complexity index is 931. The summed E-state index contributed by atoms with van der Waals surface area (Å²) < 4.78 is 38.6. The minimum atomic E-state index is -0.653. The number of aromatic nitrogens is 4. The number of hydrogen-bond donors (Lipinski definition) is 0. The van der Waals surface area contributed by atoms with E-state index in [-0.39, 0.29) is 40.0 Å². The first-order valence-corrected chi connectivity index (χ1v) is 7.29. The second-order valence-electron chi connectivity index (χ2n) is 3.93. The standard InChI is InChI=1S/C10F2I2N4O2/c11-3-1-2(8-10(5(3)13)18-20-16-8)4(12)6(14)9-7(1)15-19-17-9. The third kappa shape index (κ3) is 1.40. The summed E-state index contributed by atoms with van der Waals surface area (Å²) in [5, 5.41) is 14.5. The highest BCUT2D eigenvalue weighted by Gasteiger charge is 2.26. The molecule has 6 nitrogen and oxygen atoms in total. The van der Waals surface area contributed by atoms with E-state index in [1.54, 1.807) is 45.2 Å². The van der Waals surface area contributed by atoms with E-state index in [9.17, 15) is 8.78 Å². The van der Waals surface area contributed by atoms with Gasteiger partial charge in [-0.15, -0.1) is 0 Å². The predicted molar refractivity (Wildman–Crippen MR) is 80.0 cm³/mol. The first kappa shape index (κ1) is 12.6. The van der Waals surface area contributed by atoms with Crippen molar-refractivity contribution in [2.24, 2.45) is 0 Å². The highest BCUT2D eigenvalue weighted by molar-refractivity contribution is 14.1. The van der Waals surface area contributed by atoms with Gasteiger partial charge in [0.15, 0.2) is 11.0 Å². The van der Waals surface area contributed by atoms with Gasteiger partial charge in [-0.25, -0.2) is 18.0 Å². The molecule has 0 atom stereocenters. The molecule has 0 saturated heterocycles. The highest BCUT2D eigenvalue weighted by Crippen LogP contribution is 2.38. The smallest absolute Gasteiger partial charge is 0.152 e. The average Bonchev–Trinajstić information content (AvgIpc) is 3.08. The van der Waals surface area contributed by atoms with Gasteiger partial charge in [0, 0.05) is 0 Å². The molecule has 0 saturated carbocycles. The molecular formula is C10F2I2N4O2. The van der Waals surface area contributed by atoms with Gasteiger partial charge in [0.05, 0.1) is 17.9 Å². The van der Waals surface area contributed by atoms with Crippen molar-refractivity contribution in [3.8, 4) is 0 Å². The molecule has 0 radical (unpaired) electrons. The Balaban J connectivity index is 2.49. The minimum absolute atomic E-state index is 0.0354. The highest BCUT2D eigenvalue weighted by atomic mass is 127. The van der Waals surface area contributed by atoms with Gasteiger partial charge in [-0.1, -0.05) is 0 Å². The molecule has 0 aliphatic carbocycles. The molecule has 0 fully saturated rings. The lowest BCUT2D eigenvalue weighted by Gasteiger charge is -2.05. The summed E-state index contributed by atoms with van der Waals surface area (Å²) in [6.07, 6.45) is 0. The monoisotopic (exact) mass is 500 g/mol. The van der Waals surface area contributed by atoms with Crippen LogP contribution in [-0.4, -0.2) is 20.6 Å². The lowest BCUT2D eigenvalue weighted by molar-refractivity contribution is 0.315. The van der Waals surface area contributed by atoms with Crippen LogP contribution in [0.15, 0.2) is 9.26 Å². The van der Waals surface area contributed by atoms with Crippen LogP contribution >= 0.6 is 45.2 Å². The van der Waals surface area contributed by atoms with Gasteiger partial charge >= 0.3 is 0 Å². The van der Waals surface area contributed by atoms with Crippen molar-refractivity contribution < 1.29 is 18.0 Å². The molecule has 0 unspecified atom stereocenters. The van der Waals surface area contributed by atoms with E-state index in [1.165, 1.54) is 0 Å². The van der Waals surface area contributed by atoms with Crippen LogP contribution in [0.2, 0.25) is 0 Å². The van der Waals surface area contributed by atoms with Crippen LogP contribution in [-0.2, 0) is 0 Å². The maximum atomic E-state index is 14.5. The fourth-order valence-corrected chi connectivity index (χ4v) is 3.33. The van der Waals surface area contributed by atoms with E-state index in [2.05, 4.69) is 29.9 Å². The van der Waals surface area contributed by atoms with Gasteiger partial charge in [0.25, 0.3) is 0 Å². The predicted octanol–water partition coefficient (Wildman–Crippen LogP) is 3.40. The molecule has 0 N–H and O–H groups in total. The lowest BCUT2D eigenvalue weighted by atomic mass is 10.1. The molecule has 0 aliphatic rings. The van der Waals surface area contributed by atoms with Gasteiger partial charge < -0.3 is 0 Å². The van der Waals surface area contributed by atoms with Crippen LogP contribution in [0.4, 0.5) is 8.78 Å². The second kappa shape index (κ2) is 4.16. The van der Waals surface area contributed by atoms with Crippen molar-refractivity contribution in [2.75, 3.05) is 0 Å². The van der Waals surface area contributed by atoms with Crippen LogP contribution in [0.25, 0.3) is 32.8 Å². The largest absolute Gasteiger partial charge is 0.243 e. The van der Waals surface area contributed by atoms with E-state index in [0.29, 0.717) is 0 Å². The molecule has 10 heteroatoms. The Morgan fingerprint density at radius 3 is 1.40 bits per heavy atom. The molecule has 0 amide bonds. The quantitative estimate of drug-likeness (QED) is 0.345. The number of fused-ring (bicyclic) bond motifs is 5. The third-order valence-corrected chi connectivity index (χ3v) is 4.91. The zero-order valence-electron chi connectivity index (χ0n) is 9.12. The summed E-state index contributed by atoms with van der Waals surface area (Å²) in [4.78, 5) is 0. The molecule has 2 aromatic carbocycles. The summed E-state index contributed by atoms with van der Waals surface area (Å²) in [6, 6.07) is 0.